The Labute approximate surface area is 137 Å². The van der Waals surface area contributed by atoms with Gasteiger partial charge in [0.2, 0.25) is 5.91 Å². The number of aryl methyl sites for hydroxylation is 2. The Balaban J connectivity index is 1.79. The highest BCUT2D eigenvalue weighted by molar-refractivity contribution is 5.81. The van der Waals surface area contributed by atoms with Gasteiger partial charge in [-0.3, -0.25) is 4.79 Å². The van der Waals surface area contributed by atoms with E-state index < -0.39 is 0 Å². The fourth-order valence-corrected chi connectivity index (χ4v) is 2.49. The first-order chi connectivity index (χ1) is 11.0. The minimum absolute atomic E-state index is 0.0479. The Bertz CT molecular complexity index is 566. The molecule has 1 saturated heterocycles. The minimum atomic E-state index is -0.298. The van der Waals surface area contributed by atoms with Crippen LogP contribution in [0.25, 0.3) is 0 Å². The van der Waals surface area contributed by atoms with Gasteiger partial charge in [-0.2, -0.15) is 0 Å². The summed E-state index contributed by atoms with van der Waals surface area (Å²) in [7, 11) is 0. The van der Waals surface area contributed by atoms with Crippen LogP contribution in [0.4, 0.5) is 10.5 Å². The van der Waals surface area contributed by atoms with E-state index >= 15 is 0 Å². The van der Waals surface area contributed by atoms with Gasteiger partial charge in [-0.15, -0.1) is 0 Å². The summed E-state index contributed by atoms with van der Waals surface area (Å²) in [5.74, 6) is 0.0479. The van der Waals surface area contributed by atoms with E-state index in [9.17, 15) is 9.59 Å². The van der Waals surface area contributed by atoms with Crippen molar-refractivity contribution in [2.75, 3.05) is 44.6 Å². The topological polar surface area (TPSA) is 61.9 Å². The maximum absolute atomic E-state index is 12.3. The minimum Gasteiger partial charge on any atom is -0.450 e. The van der Waals surface area contributed by atoms with Gasteiger partial charge in [-0.25, -0.2) is 4.79 Å². The smallest absolute Gasteiger partial charge is 0.409 e. The number of ether oxygens (including phenoxy) is 1. The maximum atomic E-state index is 12.3. The molecule has 1 heterocycles. The number of anilines is 1. The number of nitrogens with one attached hydrogen (secondary N) is 1. The molecule has 1 aromatic rings. The SMILES string of the molecule is CCOC(=O)N1CCN(C(=O)CNc2ccc(C)c(C)c2)CC1. The van der Waals surface area contributed by atoms with Crippen molar-refractivity contribution in [2.24, 2.45) is 0 Å². The summed E-state index contributed by atoms with van der Waals surface area (Å²) < 4.78 is 4.97. The van der Waals surface area contributed by atoms with Crippen LogP contribution in [0.5, 0.6) is 0 Å². The summed E-state index contributed by atoms with van der Waals surface area (Å²) in [5, 5.41) is 3.17. The van der Waals surface area contributed by atoms with Crippen molar-refractivity contribution < 1.29 is 14.3 Å². The Hall–Kier alpha value is -2.24. The largest absolute Gasteiger partial charge is 0.450 e. The van der Waals surface area contributed by atoms with Crippen molar-refractivity contribution in [3.63, 3.8) is 0 Å². The van der Waals surface area contributed by atoms with E-state index in [0.717, 1.165) is 5.69 Å². The zero-order valence-electron chi connectivity index (χ0n) is 14.1. The molecule has 0 bridgehead atoms. The summed E-state index contributed by atoms with van der Waals surface area (Å²) >= 11 is 0. The number of piperazine rings is 1. The molecular formula is C17H25N3O3. The molecule has 0 aromatic heterocycles. The molecule has 2 amide bonds. The molecule has 0 atom stereocenters. The molecule has 1 aliphatic heterocycles. The first kappa shape index (κ1) is 17.1. The third kappa shape index (κ3) is 4.61. The maximum Gasteiger partial charge on any atom is 0.409 e. The fraction of sp³-hybridized carbons (Fsp3) is 0.529. The van der Waals surface area contributed by atoms with Gasteiger partial charge in [0.05, 0.1) is 13.2 Å². The van der Waals surface area contributed by atoms with Gasteiger partial charge in [-0.1, -0.05) is 6.07 Å². The number of hydrogen-bond donors (Lipinski definition) is 1. The predicted molar refractivity (Wildman–Crippen MR) is 89.6 cm³/mol. The molecule has 23 heavy (non-hydrogen) atoms. The molecule has 1 aliphatic rings. The number of carbonyl (C=O) groups is 2. The predicted octanol–water partition coefficient (Wildman–Crippen LogP) is 2.02. The van der Waals surface area contributed by atoms with Crippen molar-refractivity contribution in [1.82, 2.24) is 9.80 Å². The molecule has 0 unspecified atom stereocenters. The summed E-state index contributed by atoms with van der Waals surface area (Å²) in [6.07, 6.45) is -0.298. The second-order valence-electron chi connectivity index (χ2n) is 5.72. The lowest BCUT2D eigenvalue weighted by Gasteiger charge is -2.34. The van der Waals surface area contributed by atoms with E-state index in [4.69, 9.17) is 4.74 Å². The van der Waals surface area contributed by atoms with Crippen LogP contribution < -0.4 is 5.32 Å². The van der Waals surface area contributed by atoms with Gasteiger partial charge in [0.15, 0.2) is 0 Å². The van der Waals surface area contributed by atoms with Gasteiger partial charge in [-0.05, 0) is 44.0 Å². The van der Waals surface area contributed by atoms with Crippen LogP contribution in [-0.2, 0) is 9.53 Å². The highest BCUT2D eigenvalue weighted by Crippen LogP contribution is 2.14. The number of carbonyl (C=O) groups excluding carboxylic acids is 2. The van der Waals surface area contributed by atoms with E-state index in [1.54, 1.807) is 16.7 Å². The first-order valence-corrected chi connectivity index (χ1v) is 8.02. The molecule has 2 rings (SSSR count). The highest BCUT2D eigenvalue weighted by Gasteiger charge is 2.24. The molecule has 1 aromatic carbocycles. The van der Waals surface area contributed by atoms with Crippen molar-refractivity contribution >= 4 is 17.7 Å². The zero-order chi connectivity index (χ0) is 16.8. The summed E-state index contributed by atoms with van der Waals surface area (Å²) in [6.45, 7) is 8.68. The average molecular weight is 319 g/mol. The van der Waals surface area contributed by atoms with Gasteiger partial charge in [0, 0.05) is 31.9 Å². The number of benzene rings is 1. The zero-order valence-corrected chi connectivity index (χ0v) is 14.1. The fourth-order valence-electron chi connectivity index (χ4n) is 2.49. The van der Waals surface area contributed by atoms with Crippen molar-refractivity contribution in [3.8, 4) is 0 Å². The second kappa shape index (κ2) is 7.85. The molecule has 0 spiro atoms. The van der Waals surface area contributed by atoms with E-state index in [1.807, 2.05) is 18.2 Å². The number of hydrogen-bond acceptors (Lipinski definition) is 4. The normalized spacial score (nSPS) is 14.6. The van der Waals surface area contributed by atoms with E-state index in [-0.39, 0.29) is 18.5 Å². The highest BCUT2D eigenvalue weighted by atomic mass is 16.6. The monoisotopic (exact) mass is 319 g/mol. The average Bonchev–Trinajstić information content (AvgIpc) is 2.56. The van der Waals surface area contributed by atoms with Crippen molar-refractivity contribution in [2.45, 2.75) is 20.8 Å². The van der Waals surface area contributed by atoms with E-state index in [2.05, 4.69) is 19.2 Å². The molecule has 0 aliphatic carbocycles. The summed E-state index contributed by atoms with van der Waals surface area (Å²) in [4.78, 5) is 27.3. The quantitative estimate of drug-likeness (QED) is 0.922. The summed E-state index contributed by atoms with van der Waals surface area (Å²) in [6, 6.07) is 6.07. The van der Waals surface area contributed by atoms with E-state index in [0.29, 0.717) is 32.8 Å². The first-order valence-electron chi connectivity index (χ1n) is 8.02. The molecule has 1 fully saturated rings. The Morgan fingerprint density at radius 2 is 1.74 bits per heavy atom. The van der Waals surface area contributed by atoms with Crippen LogP contribution in [0.2, 0.25) is 0 Å². The summed E-state index contributed by atoms with van der Waals surface area (Å²) in [5.41, 5.74) is 3.38. The molecule has 0 radical (unpaired) electrons. The molecule has 126 valence electrons. The molecular weight excluding hydrogens is 294 g/mol. The Kier molecular flexibility index (Phi) is 5.84. The van der Waals surface area contributed by atoms with Crippen LogP contribution in [0.15, 0.2) is 18.2 Å². The Morgan fingerprint density at radius 1 is 1.09 bits per heavy atom. The third-order valence-corrected chi connectivity index (χ3v) is 4.11. The van der Waals surface area contributed by atoms with Crippen LogP contribution in [0.3, 0.4) is 0 Å². The van der Waals surface area contributed by atoms with Crippen LogP contribution in [0.1, 0.15) is 18.1 Å². The molecule has 6 heteroatoms. The second-order valence-corrected chi connectivity index (χ2v) is 5.72. The molecule has 0 saturated carbocycles. The van der Waals surface area contributed by atoms with Crippen molar-refractivity contribution in [1.29, 1.82) is 0 Å². The van der Waals surface area contributed by atoms with Crippen molar-refractivity contribution in [3.05, 3.63) is 29.3 Å². The lowest BCUT2D eigenvalue weighted by molar-refractivity contribution is -0.130. The standard InChI is InChI=1S/C17H25N3O3/c1-4-23-17(22)20-9-7-19(8-10-20)16(21)12-18-15-6-5-13(2)14(3)11-15/h5-6,11,18H,4,7-10,12H2,1-3H3. The third-order valence-electron chi connectivity index (χ3n) is 4.11. The lowest BCUT2D eigenvalue weighted by atomic mass is 10.1. The molecule has 6 nitrogen and oxygen atoms in total. The van der Waals surface area contributed by atoms with Gasteiger partial charge in [0.25, 0.3) is 0 Å². The number of rotatable bonds is 4. The van der Waals surface area contributed by atoms with Crippen LogP contribution in [-0.4, -0.2) is 61.1 Å². The van der Waals surface area contributed by atoms with Gasteiger partial charge >= 0.3 is 6.09 Å². The lowest BCUT2D eigenvalue weighted by Crippen LogP contribution is -2.51. The number of nitrogens with zero attached hydrogens (tertiary/aromatic N) is 2. The van der Waals surface area contributed by atoms with Gasteiger partial charge < -0.3 is 19.9 Å². The molecule has 1 N–H and O–H groups in total. The van der Waals surface area contributed by atoms with E-state index in [1.165, 1.54) is 11.1 Å². The number of amides is 2. The van der Waals surface area contributed by atoms with Crippen LogP contribution in [0, 0.1) is 13.8 Å². The van der Waals surface area contributed by atoms with Gasteiger partial charge in [0.1, 0.15) is 0 Å². The van der Waals surface area contributed by atoms with Crippen LogP contribution >= 0.6 is 0 Å². The Morgan fingerprint density at radius 3 is 2.35 bits per heavy atom.